The van der Waals surface area contributed by atoms with Crippen LogP contribution in [0.25, 0.3) is 0 Å². The second kappa shape index (κ2) is 6.68. The molecule has 0 radical (unpaired) electrons. The fourth-order valence-electron chi connectivity index (χ4n) is 0.752. The molecular weight excluding hydrogens is 206 g/mol. The molecule has 0 spiro atoms. The van der Waals surface area contributed by atoms with Crippen molar-refractivity contribution >= 4 is 21.8 Å². The maximum Gasteiger partial charge on any atom is 0.213 e. The van der Waals surface area contributed by atoms with Crippen LogP contribution in [-0.2, 0) is 10.0 Å². The van der Waals surface area contributed by atoms with Crippen LogP contribution in [0.15, 0.2) is 0 Å². The lowest BCUT2D eigenvalue weighted by molar-refractivity contribution is 0.569. The maximum absolute atomic E-state index is 11.2. The molecule has 0 atom stereocenters. The molecule has 5 heteroatoms. The molecule has 0 unspecified atom stereocenters. The summed E-state index contributed by atoms with van der Waals surface area (Å²) in [6, 6.07) is 0. The summed E-state index contributed by atoms with van der Waals surface area (Å²) >= 11 is 1.79. The van der Waals surface area contributed by atoms with Crippen LogP contribution in [0.5, 0.6) is 0 Å². The molecule has 0 aliphatic heterocycles. The van der Waals surface area contributed by atoms with Crippen LogP contribution in [0.3, 0.4) is 0 Å². The van der Waals surface area contributed by atoms with Crippen LogP contribution in [0.2, 0.25) is 0 Å². The average molecular weight is 225 g/mol. The fraction of sp³-hybridized carbons (Fsp3) is 1.00. The van der Waals surface area contributed by atoms with E-state index >= 15 is 0 Å². The highest BCUT2D eigenvalue weighted by atomic mass is 32.2. The van der Waals surface area contributed by atoms with E-state index in [2.05, 4.69) is 11.0 Å². The Morgan fingerprint density at radius 3 is 2.38 bits per heavy atom. The number of hydrogen-bond donors (Lipinski definition) is 1. The summed E-state index contributed by atoms with van der Waals surface area (Å²) < 4.78 is 25.1. The van der Waals surface area contributed by atoms with E-state index in [-0.39, 0.29) is 5.25 Å². The zero-order valence-electron chi connectivity index (χ0n) is 8.54. The summed E-state index contributed by atoms with van der Waals surface area (Å²) in [5, 5.41) is -0.326. The molecule has 0 bridgehead atoms. The second-order valence-corrected chi connectivity index (χ2v) is 6.50. The molecule has 0 amide bonds. The Labute approximate surface area is 85.7 Å². The van der Waals surface area contributed by atoms with Gasteiger partial charge in [0.25, 0.3) is 0 Å². The van der Waals surface area contributed by atoms with Gasteiger partial charge in [0.05, 0.1) is 5.25 Å². The smallest absolute Gasteiger partial charge is 0.213 e. The summed E-state index contributed by atoms with van der Waals surface area (Å²) in [6.45, 7) is 3.94. The Hall–Kier alpha value is 0.260. The highest BCUT2D eigenvalue weighted by Gasteiger charge is 2.13. The quantitative estimate of drug-likeness (QED) is 0.667. The summed E-state index contributed by atoms with van der Waals surface area (Å²) in [4.78, 5) is 0. The van der Waals surface area contributed by atoms with E-state index < -0.39 is 10.0 Å². The van der Waals surface area contributed by atoms with Gasteiger partial charge in [-0.25, -0.2) is 13.1 Å². The molecular formula is C8H19NO2S2. The molecule has 0 aromatic carbocycles. The minimum absolute atomic E-state index is 0.326. The Morgan fingerprint density at radius 1 is 1.31 bits per heavy atom. The summed E-state index contributed by atoms with van der Waals surface area (Å²) in [5.74, 6) is 1.10. The molecule has 3 nitrogen and oxygen atoms in total. The monoisotopic (exact) mass is 225 g/mol. The van der Waals surface area contributed by atoms with Crippen LogP contribution in [0, 0.1) is 0 Å². The Kier molecular flexibility index (Phi) is 6.81. The van der Waals surface area contributed by atoms with E-state index in [1.807, 2.05) is 0 Å². The van der Waals surface area contributed by atoms with Gasteiger partial charge in [-0.15, -0.1) is 0 Å². The standard InChI is InChI=1S/C8H19NO2S2/c1-8(2)13(10,11)9-6-4-5-7-12-3/h8-9H,4-7H2,1-3H3. The van der Waals surface area contributed by atoms with Crippen molar-refractivity contribution in [3.8, 4) is 0 Å². The molecule has 13 heavy (non-hydrogen) atoms. The van der Waals surface area contributed by atoms with Crippen molar-refractivity contribution in [2.24, 2.45) is 0 Å². The molecule has 80 valence electrons. The van der Waals surface area contributed by atoms with E-state index in [0.717, 1.165) is 18.6 Å². The highest BCUT2D eigenvalue weighted by Crippen LogP contribution is 2.00. The molecule has 0 aromatic heterocycles. The number of hydrogen-bond acceptors (Lipinski definition) is 3. The Bertz CT molecular complexity index is 212. The molecule has 0 aliphatic rings. The largest absolute Gasteiger partial charge is 0.215 e. The SMILES string of the molecule is CSCCCCNS(=O)(=O)C(C)C. The molecule has 0 rings (SSSR count). The molecule has 0 saturated carbocycles. The van der Waals surface area contributed by atoms with Gasteiger partial charge in [-0.1, -0.05) is 0 Å². The number of rotatable bonds is 7. The number of sulfonamides is 1. The highest BCUT2D eigenvalue weighted by molar-refractivity contribution is 7.98. The van der Waals surface area contributed by atoms with Crippen molar-refractivity contribution in [1.82, 2.24) is 4.72 Å². The van der Waals surface area contributed by atoms with Gasteiger partial charge in [0, 0.05) is 6.54 Å². The zero-order valence-corrected chi connectivity index (χ0v) is 10.2. The number of thioether (sulfide) groups is 1. The first-order valence-corrected chi connectivity index (χ1v) is 7.42. The molecule has 0 heterocycles. The lowest BCUT2D eigenvalue weighted by atomic mass is 10.3. The minimum atomic E-state index is -3.04. The first-order chi connectivity index (χ1) is 6.00. The average Bonchev–Trinajstić information content (AvgIpc) is 2.03. The lowest BCUT2D eigenvalue weighted by Gasteiger charge is -2.08. The molecule has 0 aliphatic carbocycles. The first-order valence-electron chi connectivity index (χ1n) is 4.48. The van der Waals surface area contributed by atoms with Gasteiger partial charge in [-0.3, -0.25) is 0 Å². The van der Waals surface area contributed by atoms with Gasteiger partial charge < -0.3 is 0 Å². The molecule has 1 N–H and O–H groups in total. The maximum atomic E-state index is 11.2. The van der Waals surface area contributed by atoms with E-state index in [1.54, 1.807) is 25.6 Å². The topological polar surface area (TPSA) is 46.2 Å². The van der Waals surface area contributed by atoms with Crippen LogP contribution in [0.1, 0.15) is 26.7 Å². The van der Waals surface area contributed by atoms with Crippen LogP contribution in [0.4, 0.5) is 0 Å². The predicted octanol–water partition coefficient (Wildman–Crippen LogP) is 1.46. The third-order valence-electron chi connectivity index (χ3n) is 1.70. The zero-order chi connectivity index (χ0) is 10.3. The summed E-state index contributed by atoms with van der Waals surface area (Å²) in [5.41, 5.74) is 0. The third kappa shape index (κ3) is 6.35. The van der Waals surface area contributed by atoms with E-state index in [9.17, 15) is 8.42 Å². The van der Waals surface area contributed by atoms with Crippen molar-refractivity contribution in [1.29, 1.82) is 0 Å². The fourth-order valence-corrected chi connectivity index (χ4v) is 2.01. The van der Waals surface area contributed by atoms with Gasteiger partial charge in [0.15, 0.2) is 0 Å². The molecule has 0 saturated heterocycles. The van der Waals surface area contributed by atoms with Crippen LogP contribution in [-0.4, -0.2) is 32.2 Å². The first kappa shape index (κ1) is 13.3. The van der Waals surface area contributed by atoms with Crippen LogP contribution >= 0.6 is 11.8 Å². The van der Waals surface area contributed by atoms with E-state index in [4.69, 9.17) is 0 Å². The van der Waals surface area contributed by atoms with Crippen molar-refractivity contribution in [3.63, 3.8) is 0 Å². The molecule has 0 fully saturated rings. The predicted molar refractivity (Wildman–Crippen MR) is 59.7 cm³/mol. The summed E-state index contributed by atoms with van der Waals surface area (Å²) in [7, 11) is -3.04. The summed E-state index contributed by atoms with van der Waals surface area (Å²) in [6.07, 6.45) is 4.05. The van der Waals surface area contributed by atoms with Crippen molar-refractivity contribution in [3.05, 3.63) is 0 Å². The van der Waals surface area contributed by atoms with Gasteiger partial charge in [-0.05, 0) is 38.7 Å². The third-order valence-corrected chi connectivity index (χ3v) is 4.24. The van der Waals surface area contributed by atoms with Gasteiger partial charge in [0.1, 0.15) is 0 Å². The Morgan fingerprint density at radius 2 is 1.92 bits per heavy atom. The van der Waals surface area contributed by atoms with E-state index in [1.165, 1.54) is 0 Å². The Balaban J connectivity index is 3.53. The minimum Gasteiger partial charge on any atom is -0.215 e. The van der Waals surface area contributed by atoms with Crippen molar-refractivity contribution in [2.45, 2.75) is 31.9 Å². The number of nitrogens with one attached hydrogen (secondary N) is 1. The van der Waals surface area contributed by atoms with Crippen LogP contribution < -0.4 is 4.72 Å². The molecule has 0 aromatic rings. The second-order valence-electron chi connectivity index (χ2n) is 3.19. The van der Waals surface area contributed by atoms with Crippen molar-refractivity contribution < 1.29 is 8.42 Å². The normalized spacial score (nSPS) is 12.3. The van der Waals surface area contributed by atoms with E-state index in [0.29, 0.717) is 6.54 Å². The van der Waals surface area contributed by atoms with Gasteiger partial charge in [0.2, 0.25) is 10.0 Å². The lowest BCUT2D eigenvalue weighted by Crippen LogP contribution is -2.31. The number of unbranched alkanes of at least 4 members (excludes halogenated alkanes) is 1. The van der Waals surface area contributed by atoms with Crippen molar-refractivity contribution in [2.75, 3.05) is 18.6 Å². The van der Waals surface area contributed by atoms with Gasteiger partial charge in [-0.2, -0.15) is 11.8 Å². The van der Waals surface area contributed by atoms with Gasteiger partial charge >= 0.3 is 0 Å².